The summed E-state index contributed by atoms with van der Waals surface area (Å²) in [5, 5.41) is 0. The lowest BCUT2D eigenvalue weighted by molar-refractivity contribution is -0.137. The Balaban J connectivity index is 1.75. The van der Waals surface area contributed by atoms with Gasteiger partial charge in [-0.1, -0.05) is 84.0 Å². The number of rotatable bonds is 14. The maximum atomic E-state index is 11.5. The SMILES string of the molecule is CCCCCCCCCCCCCCCC(=O)OC1=NCCO1. The Morgan fingerprint density at radius 1 is 0.913 bits per heavy atom. The number of aliphatic imine (C=N–C) groups is 1. The molecule has 1 heterocycles. The van der Waals surface area contributed by atoms with E-state index >= 15 is 0 Å². The lowest BCUT2D eigenvalue weighted by Crippen LogP contribution is -2.12. The minimum atomic E-state index is -0.214. The van der Waals surface area contributed by atoms with Crippen LogP contribution in [0.3, 0.4) is 0 Å². The Labute approximate surface area is 142 Å². The molecule has 0 amide bonds. The Bertz CT molecular complexity index is 329. The lowest BCUT2D eigenvalue weighted by atomic mass is 10.0. The number of unbranched alkanes of at least 4 members (excludes halogenated alkanes) is 12. The zero-order chi connectivity index (χ0) is 16.6. The van der Waals surface area contributed by atoms with Gasteiger partial charge in [0.2, 0.25) is 0 Å². The van der Waals surface area contributed by atoms with Crippen molar-refractivity contribution in [1.82, 2.24) is 0 Å². The fourth-order valence-electron chi connectivity index (χ4n) is 2.81. The fraction of sp³-hybridized carbons (Fsp3) is 0.895. The van der Waals surface area contributed by atoms with E-state index in [9.17, 15) is 4.79 Å². The highest BCUT2D eigenvalue weighted by atomic mass is 16.7. The van der Waals surface area contributed by atoms with Crippen LogP contribution in [0.4, 0.5) is 0 Å². The third-order valence-electron chi connectivity index (χ3n) is 4.24. The van der Waals surface area contributed by atoms with E-state index in [-0.39, 0.29) is 12.1 Å². The minimum absolute atomic E-state index is 0.157. The van der Waals surface area contributed by atoms with Gasteiger partial charge in [-0.15, -0.1) is 0 Å². The average molecular weight is 325 g/mol. The van der Waals surface area contributed by atoms with Crippen molar-refractivity contribution in [3.8, 4) is 0 Å². The maximum absolute atomic E-state index is 11.5. The van der Waals surface area contributed by atoms with Gasteiger partial charge in [0, 0.05) is 6.42 Å². The normalized spacial score (nSPS) is 13.7. The van der Waals surface area contributed by atoms with E-state index in [1.54, 1.807) is 0 Å². The van der Waals surface area contributed by atoms with E-state index in [1.165, 1.54) is 70.6 Å². The van der Waals surface area contributed by atoms with Crippen molar-refractivity contribution < 1.29 is 14.3 Å². The Kier molecular flexibility index (Phi) is 12.6. The van der Waals surface area contributed by atoms with E-state index < -0.39 is 0 Å². The first-order chi connectivity index (χ1) is 11.3. The molecule has 0 unspecified atom stereocenters. The molecular formula is C19H35NO3. The average Bonchev–Trinajstić information content (AvgIpc) is 3.04. The van der Waals surface area contributed by atoms with E-state index in [4.69, 9.17) is 9.47 Å². The molecule has 0 N–H and O–H groups in total. The molecular weight excluding hydrogens is 290 g/mol. The van der Waals surface area contributed by atoms with Crippen LogP contribution in [-0.2, 0) is 14.3 Å². The summed E-state index contributed by atoms with van der Waals surface area (Å²) in [5.74, 6) is -0.214. The van der Waals surface area contributed by atoms with Crippen molar-refractivity contribution in [1.29, 1.82) is 0 Å². The fourth-order valence-corrected chi connectivity index (χ4v) is 2.81. The smallest absolute Gasteiger partial charge is 0.391 e. The molecule has 1 aliphatic rings. The summed E-state index contributed by atoms with van der Waals surface area (Å²) in [6.07, 6.45) is 17.6. The highest BCUT2D eigenvalue weighted by molar-refractivity contribution is 5.84. The van der Waals surface area contributed by atoms with Crippen LogP contribution in [0.25, 0.3) is 0 Å². The second kappa shape index (κ2) is 14.5. The molecule has 0 aromatic carbocycles. The zero-order valence-electron chi connectivity index (χ0n) is 15.0. The molecule has 0 fully saturated rings. The van der Waals surface area contributed by atoms with Gasteiger partial charge in [0.15, 0.2) is 0 Å². The molecule has 134 valence electrons. The lowest BCUT2D eigenvalue weighted by Gasteiger charge is -2.04. The van der Waals surface area contributed by atoms with Crippen LogP contribution in [0.1, 0.15) is 96.8 Å². The van der Waals surface area contributed by atoms with Gasteiger partial charge in [-0.3, -0.25) is 4.79 Å². The third-order valence-corrected chi connectivity index (χ3v) is 4.24. The van der Waals surface area contributed by atoms with Crippen LogP contribution < -0.4 is 0 Å². The molecule has 0 aromatic rings. The van der Waals surface area contributed by atoms with Gasteiger partial charge in [0.05, 0.1) is 6.54 Å². The third kappa shape index (κ3) is 12.1. The zero-order valence-corrected chi connectivity index (χ0v) is 15.0. The van der Waals surface area contributed by atoms with E-state index in [2.05, 4.69) is 11.9 Å². The second-order valence-electron chi connectivity index (χ2n) is 6.46. The summed E-state index contributed by atoms with van der Waals surface area (Å²) < 4.78 is 10.1. The summed E-state index contributed by atoms with van der Waals surface area (Å²) in [7, 11) is 0. The number of esters is 1. The van der Waals surface area contributed by atoms with Crippen LogP contribution in [0.2, 0.25) is 0 Å². The first kappa shape index (κ1) is 20.0. The number of ether oxygens (including phenoxy) is 2. The van der Waals surface area contributed by atoms with Crippen molar-refractivity contribution >= 4 is 12.1 Å². The highest BCUT2D eigenvalue weighted by Crippen LogP contribution is 2.13. The van der Waals surface area contributed by atoms with Crippen molar-refractivity contribution in [2.45, 2.75) is 96.8 Å². The first-order valence-corrected chi connectivity index (χ1v) is 9.71. The monoisotopic (exact) mass is 325 g/mol. The van der Waals surface area contributed by atoms with E-state index in [0.717, 1.165) is 12.8 Å². The molecule has 0 aliphatic carbocycles. The van der Waals surface area contributed by atoms with Crippen LogP contribution >= 0.6 is 0 Å². The predicted molar refractivity (Wildman–Crippen MR) is 94.7 cm³/mol. The minimum Gasteiger partial charge on any atom is -0.448 e. The van der Waals surface area contributed by atoms with Gasteiger partial charge in [-0.2, -0.15) is 0 Å². The molecule has 1 rings (SSSR count). The van der Waals surface area contributed by atoms with E-state index in [1.807, 2.05) is 0 Å². The maximum Gasteiger partial charge on any atom is 0.391 e. The Morgan fingerprint density at radius 2 is 1.43 bits per heavy atom. The van der Waals surface area contributed by atoms with E-state index in [0.29, 0.717) is 19.6 Å². The molecule has 0 atom stereocenters. The number of carbonyl (C=O) groups is 1. The number of nitrogens with zero attached hydrogens (tertiary/aromatic N) is 1. The predicted octanol–water partition coefficient (Wildman–Crippen LogP) is 5.40. The van der Waals surface area contributed by atoms with Crippen LogP contribution in [0, 0.1) is 0 Å². The summed E-state index contributed by atoms with van der Waals surface area (Å²) >= 11 is 0. The first-order valence-electron chi connectivity index (χ1n) is 9.71. The van der Waals surface area contributed by atoms with Crippen molar-refractivity contribution in [3.63, 3.8) is 0 Å². The summed E-state index contributed by atoms with van der Waals surface area (Å²) in [5.41, 5.74) is 0. The molecule has 0 saturated heterocycles. The molecule has 0 spiro atoms. The van der Waals surface area contributed by atoms with Crippen molar-refractivity contribution in [2.75, 3.05) is 13.2 Å². The Hall–Kier alpha value is -1.06. The standard InChI is InChI=1S/C19H35NO3/c1-2-3-4-5-6-7-8-9-10-11-12-13-14-15-18(21)23-19-20-16-17-22-19/h2-17H2,1H3. The van der Waals surface area contributed by atoms with Gasteiger partial charge in [0.1, 0.15) is 6.61 Å². The Morgan fingerprint density at radius 3 is 1.91 bits per heavy atom. The molecule has 4 heteroatoms. The van der Waals surface area contributed by atoms with Gasteiger partial charge in [-0.25, -0.2) is 4.99 Å². The second-order valence-corrected chi connectivity index (χ2v) is 6.46. The molecule has 0 aromatic heterocycles. The molecule has 1 aliphatic heterocycles. The van der Waals surface area contributed by atoms with Crippen molar-refractivity contribution in [3.05, 3.63) is 0 Å². The molecule has 0 bridgehead atoms. The molecule has 23 heavy (non-hydrogen) atoms. The van der Waals surface area contributed by atoms with Crippen molar-refractivity contribution in [2.24, 2.45) is 4.99 Å². The number of hydrogen-bond acceptors (Lipinski definition) is 4. The largest absolute Gasteiger partial charge is 0.448 e. The topological polar surface area (TPSA) is 47.9 Å². The van der Waals surface area contributed by atoms with Crippen LogP contribution in [-0.4, -0.2) is 25.2 Å². The molecule has 4 nitrogen and oxygen atoms in total. The summed E-state index contributed by atoms with van der Waals surface area (Å²) in [6, 6.07) is 0. The van der Waals surface area contributed by atoms with Gasteiger partial charge in [0.25, 0.3) is 0 Å². The molecule has 0 radical (unpaired) electrons. The van der Waals surface area contributed by atoms with Crippen LogP contribution in [0.5, 0.6) is 0 Å². The number of hydrogen-bond donors (Lipinski definition) is 0. The summed E-state index contributed by atoms with van der Waals surface area (Å²) in [6.45, 7) is 3.39. The van der Waals surface area contributed by atoms with Gasteiger partial charge < -0.3 is 9.47 Å². The molecule has 0 saturated carbocycles. The van der Waals surface area contributed by atoms with Gasteiger partial charge >= 0.3 is 12.1 Å². The highest BCUT2D eigenvalue weighted by Gasteiger charge is 2.13. The quantitative estimate of drug-likeness (QED) is 0.317. The van der Waals surface area contributed by atoms with Crippen LogP contribution in [0.15, 0.2) is 4.99 Å². The number of carbonyl (C=O) groups excluding carboxylic acids is 1. The summed E-state index contributed by atoms with van der Waals surface area (Å²) in [4.78, 5) is 15.5. The van der Waals surface area contributed by atoms with Gasteiger partial charge in [-0.05, 0) is 6.42 Å².